The minimum Gasteiger partial charge on any atom is -0.493 e. The van der Waals surface area contributed by atoms with Crippen molar-refractivity contribution in [1.29, 1.82) is 0 Å². The van der Waals surface area contributed by atoms with Crippen molar-refractivity contribution < 1.29 is 23.3 Å². The molecule has 0 aromatic heterocycles. The van der Waals surface area contributed by atoms with Crippen LogP contribution in [0.15, 0.2) is 36.4 Å². The molecule has 1 aliphatic carbocycles. The van der Waals surface area contributed by atoms with Crippen molar-refractivity contribution in [2.24, 2.45) is 11.1 Å². The van der Waals surface area contributed by atoms with Crippen molar-refractivity contribution in [2.75, 3.05) is 25.3 Å². The van der Waals surface area contributed by atoms with E-state index in [1.807, 2.05) is 19.1 Å². The first-order valence-electron chi connectivity index (χ1n) is 10.9. The first kappa shape index (κ1) is 23.1. The Morgan fingerprint density at radius 1 is 1.30 bits per heavy atom. The van der Waals surface area contributed by atoms with E-state index in [9.17, 15) is 13.8 Å². The predicted molar refractivity (Wildman–Crippen MR) is 129 cm³/mol. The second-order valence-electron chi connectivity index (χ2n) is 8.43. The Bertz CT molecular complexity index is 1210. The number of carbonyl (C=O) groups excluding carboxylic acids is 2. The summed E-state index contributed by atoms with van der Waals surface area (Å²) in [4.78, 5) is 27.5. The molecule has 2 unspecified atom stereocenters. The maximum absolute atomic E-state index is 13.6. The van der Waals surface area contributed by atoms with Crippen LogP contribution in [0.4, 0.5) is 5.69 Å². The molecule has 9 heteroatoms. The molecule has 1 saturated carbocycles. The Morgan fingerprint density at radius 2 is 2.06 bits per heavy atom. The Hall–Kier alpha value is -3.04. The summed E-state index contributed by atoms with van der Waals surface area (Å²) in [6.07, 6.45) is 3.18. The lowest BCUT2D eigenvalue weighted by molar-refractivity contribution is -0.117. The fourth-order valence-electron chi connectivity index (χ4n) is 4.03. The van der Waals surface area contributed by atoms with Gasteiger partial charge in [-0.25, -0.2) is 0 Å². The van der Waals surface area contributed by atoms with Crippen molar-refractivity contribution in [3.63, 3.8) is 0 Å². The van der Waals surface area contributed by atoms with Gasteiger partial charge in [0.1, 0.15) is 0 Å². The third-order valence-electron chi connectivity index (χ3n) is 5.74. The minimum atomic E-state index is -2.80. The van der Waals surface area contributed by atoms with Crippen LogP contribution in [-0.4, -0.2) is 46.3 Å². The molecular formula is C24H29N3O5S. The van der Waals surface area contributed by atoms with Gasteiger partial charge in [0.25, 0.3) is 5.91 Å². The molecule has 0 spiro atoms. The third-order valence-corrected chi connectivity index (χ3v) is 6.53. The van der Waals surface area contributed by atoms with Crippen molar-refractivity contribution in [3.8, 4) is 11.5 Å². The normalized spacial score (nSPS) is 17.7. The highest BCUT2D eigenvalue weighted by molar-refractivity contribution is 7.98. The standard InChI is InChI=1S/C24H29N3O5S/c1-4-32-21-12-16(10-11-20(21)31-2)19(14-33(3,25)30)27-13-17-6-5-7-18(22(17)24(27)29)26-23(28)15-8-9-15/h5-7,10-12,14-15,19H,4,8-9,13H2,1-3H3,(H2,25,30)(H,26,28). The lowest BCUT2D eigenvalue weighted by Crippen LogP contribution is -2.33. The smallest absolute Gasteiger partial charge is 0.257 e. The van der Waals surface area contributed by atoms with Crippen molar-refractivity contribution in [2.45, 2.75) is 32.4 Å². The first-order chi connectivity index (χ1) is 15.7. The van der Waals surface area contributed by atoms with Gasteiger partial charge >= 0.3 is 0 Å². The molecule has 4 rings (SSSR count). The highest BCUT2D eigenvalue weighted by atomic mass is 32.2. The minimum absolute atomic E-state index is 0.0212. The van der Waals surface area contributed by atoms with E-state index in [0.29, 0.717) is 41.5 Å². The van der Waals surface area contributed by atoms with E-state index in [1.54, 1.807) is 36.3 Å². The van der Waals surface area contributed by atoms with E-state index in [1.165, 1.54) is 11.6 Å². The Balaban J connectivity index is 1.73. The second-order valence-corrected chi connectivity index (χ2v) is 10.6. The Labute approximate surface area is 194 Å². The molecule has 1 fully saturated rings. The molecule has 2 aromatic rings. The van der Waals surface area contributed by atoms with Gasteiger partial charge in [0.2, 0.25) is 5.91 Å². The molecule has 1 heterocycles. The van der Waals surface area contributed by atoms with E-state index in [4.69, 9.17) is 14.6 Å². The number of anilines is 1. The Morgan fingerprint density at radius 3 is 2.70 bits per heavy atom. The van der Waals surface area contributed by atoms with Gasteiger partial charge in [-0.05, 0) is 49.1 Å². The molecule has 8 nitrogen and oxygen atoms in total. The van der Waals surface area contributed by atoms with Gasteiger partial charge in [-0.1, -0.05) is 18.2 Å². The van der Waals surface area contributed by atoms with E-state index in [-0.39, 0.29) is 17.7 Å². The lowest BCUT2D eigenvalue weighted by atomic mass is 10.1. The quantitative estimate of drug-likeness (QED) is 0.575. The number of nitrogens with one attached hydrogen (secondary N) is 1. The number of hydrogen-bond donors (Lipinski definition) is 2. The number of carbonyl (C=O) groups is 2. The van der Waals surface area contributed by atoms with Crippen molar-refractivity contribution in [3.05, 3.63) is 53.1 Å². The maximum atomic E-state index is 13.6. The molecule has 0 bridgehead atoms. The van der Waals surface area contributed by atoms with E-state index >= 15 is 0 Å². The van der Waals surface area contributed by atoms with Gasteiger partial charge in [-0.3, -0.25) is 18.9 Å². The number of ether oxygens (including phenoxy) is 2. The van der Waals surface area contributed by atoms with Gasteiger partial charge in [-0.15, -0.1) is 0 Å². The summed E-state index contributed by atoms with van der Waals surface area (Å²) >= 11 is 0. The molecule has 2 aromatic carbocycles. The number of fused-ring (bicyclic) bond motifs is 1. The molecule has 2 atom stereocenters. The van der Waals surface area contributed by atoms with Crippen LogP contribution in [0, 0.1) is 5.92 Å². The largest absolute Gasteiger partial charge is 0.493 e. The van der Waals surface area contributed by atoms with Crippen LogP contribution in [0.1, 0.15) is 47.3 Å². The van der Waals surface area contributed by atoms with Crippen LogP contribution in [0.5, 0.6) is 11.5 Å². The van der Waals surface area contributed by atoms with E-state index in [2.05, 4.69) is 5.32 Å². The summed E-state index contributed by atoms with van der Waals surface area (Å²) < 4.78 is 23.7. The lowest BCUT2D eigenvalue weighted by Gasteiger charge is -2.27. The topological polar surface area (TPSA) is 111 Å². The molecular weight excluding hydrogens is 442 g/mol. The zero-order chi connectivity index (χ0) is 23.8. The number of nitrogens with zero attached hydrogens (tertiary/aromatic N) is 1. The average molecular weight is 472 g/mol. The number of methoxy groups -OCH3 is 1. The fourth-order valence-corrected chi connectivity index (χ4v) is 4.84. The van der Waals surface area contributed by atoms with Gasteiger partial charge in [0, 0.05) is 33.8 Å². The number of hydrogen-bond acceptors (Lipinski definition) is 5. The molecule has 0 saturated heterocycles. The van der Waals surface area contributed by atoms with Gasteiger partial charge in [0.05, 0.1) is 31.0 Å². The molecule has 33 heavy (non-hydrogen) atoms. The van der Waals surface area contributed by atoms with E-state index < -0.39 is 15.7 Å². The van der Waals surface area contributed by atoms with Gasteiger partial charge < -0.3 is 19.7 Å². The van der Waals surface area contributed by atoms with Crippen LogP contribution in [-0.2, 0) is 21.0 Å². The summed E-state index contributed by atoms with van der Waals surface area (Å²) in [7, 11) is -1.25. The van der Waals surface area contributed by atoms with Crippen molar-refractivity contribution >= 4 is 32.6 Å². The van der Waals surface area contributed by atoms with Crippen LogP contribution in [0.2, 0.25) is 0 Å². The second kappa shape index (κ2) is 9.07. The maximum Gasteiger partial charge on any atom is 0.257 e. The monoisotopic (exact) mass is 471 g/mol. The summed E-state index contributed by atoms with van der Waals surface area (Å²) in [6, 6.07) is 10.1. The predicted octanol–water partition coefficient (Wildman–Crippen LogP) is 2.73. The zero-order valence-corrected chi connectivity index (χ0v) is 19.8. The Kier molecular flexibility index (Phi) is 6.36. The summed E-state index contributed by atoms with van der Waals surface area (Å²) in [5.41, 5.74) is 2.46. The summed E-state index contributed by atoms with van der Waals surface area (Å²) in [5, 5.41) is 10.3. The molecule has 3 N–H and O–H groups in total. The molecule has 0 radical (unpaired) electrons. The molecule has 1 aliphatic heterocycles. The molecule has 2 aliphatic rings. The van der Waals surface area contributed by atoms with Crippen LogP contribution < -0.4 is 19.9 Å². The summed E-state index contributed by atoms with van der Waals surface area (Å²) in [5.74, 6) is 0.790. The number of nitrogens with two attached hydrogens (primary N) is 1. The van der Waals surface area contributed by atoms with Crippen LogP contribution in [0.3, 0.4) is 0 Å². The zero-order valence-electron chi connectivity index (χ0n) is 19.0. The van der Waals surface area contributed by atoms with Gasteiger partial charge in [0.15, 0.2) is 11.5 Å². The molecule has 2 amide bonds. The SMILES string of the molecule is CCOc1cc(C(C=S(C)(N)=O)N2Cc3cccc(NC(=O)C4CC4)c3C2=O)ccc1OC. The highest BCUT2D eigenvalue weighted by Gasteiger charge is 2.37. The number of amides is 2. The first-order valence-corrected chi connectivity index (χ1v) is 13.0. The third kappa shape index (κ3) is 4.99. The van der Waals surface area contributed by atoms with Crippen LogP contribution in [0.25, 0.3) is 0 Å². The summed E-state index contributed by atoms with van der Waals surface area (Å²) in [6.45, 7) is 2.61. The average Bonchev–Trinajstić information content (AvgIpc) is 3.56. The van der Waals surface area contributed by atoms with Crippen LogP contribution >= 0.6 is 0 Å². The number of benzene rings is 2. The van der Waals surface area contributed by atoms with Gasteiger partial charge in [-0.2, -0.15) is 0 Å². The highest BCUT2D eigenvalue weighted by Crippen LogP contribution is 2.38. The molecule has 176 valence electrons. The van der Waals surface area contributed by atoms with E-state index in [0.717, 1.165) is 18.4 Å². The number of rotatable bonds is 8. The fraction of sp³-hybridized carbons (Fsp3) is 0.375. The van der Waals surface area contributed by atoms with Crippen molar-refractivity contribution in [1.82, 2.24) is 4.90 Å².